The number of carbonyl (C=O) groups is 2. The second kappa shape index (κ2) is 7.18. The Hall–Kier alpha value is -1.70. The molecule has 0 aromatic heterocycles. The van der Waals surface area contributed by atoms with Gasteiger partial charge < -0.3 is 15.0 Å². The highest BCUT2D eigenvalue weighted by molar-refractivity contribution is 5.76. The summed E-state index contributed by atoms with van der Waals surface area (Å²) in [6, 6.07) is 0.0136. The van der Waals surface area contributed by atoms with Gasteiger partial charge in [0.05, 0.1) is 6.04 Å². The van der Waals surface area contributed by atoms with Crippen molar-refractivity contribution in [3.8, 4) is 12.3 Å². The number of likely N-dealkylation sites (tertiary alicyclic amines) is 1. The summed E-state index contributed by atoms with van der Waals surface area (Å²) in [5, 5.41) is 2.82. The molecule has 0 radical (unpaired) electrons. The molecule has 0 aromatic rings. The zero-order valence-corrected chi connectivity index (χ0v) is 12.6. The van der Waals surface area contributed by atoms with E-state index in [1.54, 1.807) is 4.90 Å². The first-order valence-corrected chi connectivity index (χ1v) is 7.03. The van der Waals surface area contributed by atoms with Crippen molar-refractivity contribution >= 4 is 12.0 Å². The van der Waals surface area contributed by atoms with Gasteiger partial charge in [0.2, 0.25) is 5.91 Å². The number of terminal acetylenes is 1. The average Bonchev–Trinajstić information content (AvgIpc) is 2.80. The van der Waals surface area contributed by atoms with E-state index >= 15 is 0 Å². The maximum Gasteiger partial charge on any atom is 0.410 e. The van der Waals surface area contributed by atoms with Gasteiger partial charge in [0, 0.05) is 25.9 Å². The zero-order chi connectivity index (χ0) is 15.2. The first kappa shape index (κ1) is 16.4. The van der Waals surface area contributed by atoms with Crippen LogP contribution in [0.15, 0.2) is 0 Å². The summed E-state index contributed by atoms with van der Waals surface area (Å²) in [5.41, 5.74) is -0.500. The lowest BCUT2D eigenvalue weighted by atomic mass is 10.2. The average molecular weight is 280 g/mol. The Morgan fingerprint density at radius 1 is 1.45 bits per heavy atom. The van der Waals surface area contributed by atoms with E-state index in [1.165, 1.54) is 0 Å². The third-order valence-electron chi connectivity index (χ3n) is 3.04. The Bertz CT molecular complexity index is 393. The highest BCUT2D eigenvalue weighted by Gasteiger charge is 2.32. The minimum Gasteiger partial charge on any atom is -0.444 e. The molecular weight excluding hydrogens is 256 g/mol. The van der Waals surface area contributed by atoms with Gasteiger partial charge in [-0.2, -0.15) is 0 Å². The second-order valence-corrected chi connectivity index (χ2v) is 5.98. The lowest BCUT2D eigenvalue weighted by Gasteiger charge is -2.28. The van der Waals surface area contributed by atoms with Crippen molar-refractivity contribution in [2.24, 2.45) is 0 Å². The lowest BCUT2D eigenvalue weighted by Crippen LogP contribution is -2.45. The third-order valence-corrected chi connectivity index (χ3v) is 3.04. The molecule has 20 heavy (non-hydrogen) atoms. The zero-order valence-electron chi connectivity index (χ0n) is 12.6. The van der Waals surface area contributed by atoms with Gasteiger partial charge >= 0.3 is 6.09 Å². The van der Waals surface area contributed by atoms with Crippen molar-refractivity contribution in [2.45, 2.75) is 58.1 Å². The van der Waals surface area contributed by atoms with E-state index in [2.05, 4.69) is 11.2 Å². The Labute approximate surface area is 121 Å². The molecule has 0 aromatic carbocycles. The topological polar surface area (TPSA) is 58.6 Å². The number of carbonyl (C=O) groups excluding carboxylic acids is 2. The summed E-state index contributed by atoms with van der Waals surface area (Å²) >= 11 is 0. The van der Waals surface area contributed by atoms with Gasteiger partial charge in [-0.1, -0.05) is 0 Å². The number of hydrogen-bond donors (Lipinski definition) is 1. The predicted molar refractivity (Wildman–Crippen MR) is 77.0 cm³/mol. The summed E-state index contributed by atoms with van der Waals surface area (Å²) < 4.78 is 5.37. The van der Waals surface area contributed by atoms with Gasteiger partial charge in [0.15, 0.2) is 0 Å². The molecule has 1 aliphatic rings. The van der Waals surface area contributed by atoms with Crippen LogP contribution in [0, 0.1) is 12.3 Å². The molecule has 1 atom stereocenters. The van der Waals surface area contributed by atoms with Gasteiger partial charge in [-0.05, 0) is 33.6 Å². The Morgan fingerprint density at radius 2 is 2.15 bits per heavy atom. The number of ether oxygens (including phenoxy) is 1. The van der Waals surface area contributed by atoms with E-state index in [4.69, 9.17) is 11.2 Å². The van der Waals surface area contributed by atoms with Gasteiger partial charge in [-0.3, -0.25) is 4.79 Å². The first-order chi connectivity index (χ1) is 9.33. The van der Waals surface area contributed by atoms with Crippen LogP contribution in [0.3, 0.4) is 0 Å². The normalized spacial score (nSPS) is 18.5. The minimum atomic E-state index is -0.500. The van der Waals surface area contributed by atoms with Crippen molar-refractivity contribution in [3.63, 3.8) is 0 Å². The molecule has 5 heteroatoms. The fourth-order valence-corrected chi connectivity index (χ4v) is 2.11. The Kier molecular flexibility index (Phi) is 5.87. The smallest absolute Gasteiger partial charge is 0.410 e. The number of nitrogens with one attached hydrogen (secondary N) is 1. The number of amides is 2. The van der Waals surface area contributed by atoms with Crippen LogP contribution < -0.4 is 5.32 Å². The molecule has 0 bridgehead atoms. The van der Waals surface area contributed by atoms with Gasteiger partial charge in [-0.15, -0.1) is 12.3 Å². The van der Waals surface area contributed by atoms with Crippen LogP contribution in [-0.2, 0) is 9.53 Å². The number of hydrogen-bond acceptors (Lipinski definition) is 3. The highest BCUT2D eigenvalue weighted by Crippen LogP contribution is 2.20. The largest absolute Gasteiger partial charge is 0.444 e. The molecule has 2 amide bonds. The van der Waals surface area contributed by atoms with E-state index in [1.807, 2.05) is 20.8 Å². The fourth-order valence-electron chi connectivity index (χ4n) is 2.11. The van der Waals surface area contributed by atoms with E-state index in [-0.39, 0.29) is 18.0 Å². The summed E-state index contributed by atoms with van der Waals surface area (Å²) in [4.78, 5) is 25.3. The summed E-state index contributed by atoms with van der Waals surface area (Å²) in [5.74, 6) is 2.36. The van der Waals surface area contributed by atoms with Crippen LogP contribution in [0.4, 0.5) is 4.79 Å². The molecule has 0 saturated carbocycles. The first-order valence-electron chi connectivity index (χ1n) is 7.03. The molecule has 1 rings (SSSR count). The lowest BCUT2D eigenvalue weighted by molar-refractivity contribution is -0.121. The van der Waals surface area contributed by atoms with Gasteiger partial charge in [0.1, 0.15) is 5.60 Å². The van der Waals surface area contributed by atoms with Crippen LogP contribution in [0.25, 0.3) is 0 Å². The van der Waals surface area contributed by atoms with Crippen LogP contribution in [0.1, 0.15) is 46.5 Å². The molecule has 0 unspecified atom stereocenters. The SMILES string of the molecule is C#CCCC(=O)NC[C@@H]1CCCN1C(=O)OC(C)(C)C. The van der Waals surface area contributed by atoms with Gasteiger partial charge in [-0.25, -0.2) is 4.79 Å². The second-order valence-electron chi connectivity index (χ2n) is 5.98. The van der Waals surface area contributed by atoms with Crippen molar-refractivity contribution in [3.05, 3.63) is 0 Å². The van der Waals surface area contributed by atoms with Crippen molar-refractivity contribution in [1.82, 2.24) is 10.2 Å². The summed E-state index contributed by atoms with van der Waals surface area (Å²) in [7, 11) is 0. The molecular formula is C15H24N2O3. The van der Waals surface area contributed by atoms with Crippen molar-refractivity contribution < 1.29 is 14.3 Å². The van der Waals surface area contributed by atoms with Crippen LogP contribution in [0.5, 0.6) is 0 Å². The molecule has 1 N–H and O–H groups in total. The van der Waals surface area contributed by atoms with E-state index in [0.29, 0.717) is 25.9 Å². The summed E-state index contributed by atoms with van der Waals surface area (Å²) in [6.07, 6.45) is 7.39. The highest BCUT2D eigenvalue weighted by atomic mass is 16.6. The van der Waals surface area contributed by atoms with Crippen LogP contribution >= 0.6 is 0 Å². The maximum absolute atomic E-state index is 12.1. The molecule has 1 saturated heterocycles. The number of rotatable bonds is 4. The monoisotopic (exact) mass is 280 g/mol. The van der Waals surface area contributed by atoms with E-state index in [0.717, 1.165) is 12.8 Å². The Balaban J connectivity index is 2.43. The molecule has 1 heterocycles. The molecule has 1 aliphatic heterocycles. The van der Waals surface area contributed by atoms with Crippen LogP contribution in [0.2, 0.25) is 0 Å². The molecule has 0 spiro atoms. The quantitative estimate of drug-likeness (QED) is 0.800. The van der Waals surface area contributed by atoms with Crippen LogP contribution in [-0.4, -0.2) is 41.6 Å². The standard InChI is InChI=1S/C15H24N2O3/c1-5-6-9-13(18)16-11-12-8-7-10-17(12)14(19)20-15(2,3)4/h1,12H,6-11H2,2-4H3,(H,16,18)/t12-/m0/s1. The fraction of sp³-hybridized carbons (Fsp3) is 0.733. The third kappa shape index (κ3) is 5.52. The molecule has 0 aliphatic carbocycles. The van der Waals surface area contributed by atoms with E-state index < -0.39 is 5.60 Å². The summed E-state index contributed by atoms with van der Waals surface area (Å²) in [6.45, 7) is 6.68. The van der Waals surface area contributed by atoms with Crippen molar-refractivity contribution in [1.29, 1.82) is 0 Å². The molecule has 1 fully saturated rings. The Morgan fingerprint density at radius 3 is 2.75 bits per heavy atom. The maximum atomic E-state index is 12.1. The molecule has 5 nitrogen and oxygen atoms in total. The van der Waals surface area contributed by atoms with E-state index in [9.17, 15) is 9.59 Å². The number of nitrogens with zero attached hydrogens (tertiary/aromatic N) is 1. The predicted octanol–water partition coefficient (Wildman–Crippen LogP) is 1.92. The minimum absolute atomic E-state index is 0.0136. The molecule has 112 valence electrons. The van der Waals surface area contributed by atoms with Gasteiger partial charge in [0.25, 0.3) is 0 Å². The van der Waals surface area contributed by atoms with Crippen molar-refractivity contribution in [2.75, 3.05) is 13.1 Å².